The quantitative estimate of drug-likeness (QED) is 0.385. The van der Waals surface area contributed by atoms with Crippen molar-refractivity contribution in [3.05, 3.63) is 101 Å². The number of rotatable bonds is 9. The van der Waals surface area contributed by atoms with Crippen molar-refractivity contribution in [2.75, 3.05) is 5.75 Å². The Kier molecular flexibility index (Phi) is 9.10. The van der Waals surface area contributed by atoms with Crippen molar-refractivity contribution in [3.63, 3.8) is 0 Å². The van der Waals surface area contributed by atoms with Gasteiger partial charge in [-0.1, -0.05) is 60.2 Å². The number of hydrogen-bond acceptors (Lipinski definition) is 3. The lowest BCUT2D eigenvalue weighted by Gasteiger charge is -2.34. The molecule has 0 aliphatic carbocycles. The van der Waals surface area contributed by atoms with Gasteiger partial charge in [-0.05, 0) is 63.1 Å². The zero-order valence-corrected chi connectivity index (χ0v) is 21.6. The summed E-state index contributed by atoms with van der Waals surface area (Å²) in [6.45, 7) is 7.99. The molecule has 6 heteroatoms. The van der Waals surface area contributed by atoms with Crippen LogP contribution in [0, 0.1) is 12.7 Å². The van der Waals surface area contributed by atoms with Gasteiger partial charge >= 0.3 is 0 Å². The second-order valence-corrected chi connectivity index (χ2v) is 10.7. The van der Waals surface area contributed by atoms with Crippen molar-refractivity contribution in [2.24, 2.45) is 0 Å². The number of aryl methyl sites for hydroxylation is 1. The van der Waals surface area contributed by atoms with Gasteiger partial charge in [0.1, 0.15) is 11.9 Å². The van der Waals surface area contributed by atoms with Crippen molar-refractivity contribution >= 4 is 23.6 Å². The summed E-state index contributed by atoms with van der Waals surface area (Å²) in [5, 5.41) is 3.05. The minimum atomic E-state index is -0.715. The van der Waals surface area contributed by atoms with Crippen LogP contribution in [-0.2, 0) is 22.6 Å². The number of hydrogen-bond donors (Lipinski definition) is 1. The molecular formula is C29H33FN2O2S. The van der Waals surface area contributed by atoms with E-state index in [4.69, 9.17) is 0 Å². The summed E-state index contributed by atoms with van der Waals surface area (Å²) in [5.74, 6) is -0.506. The highest BCUT2D eigenvalue weighted by atomic mass is 32.2. The highest BCUT2D eigenvalue weighted by Gasteiger charge is 2.32. The fourth-order valence-electron chi connectivity index (χ4n) is 3.66. The molecule has 3 aromatic carbocycles. The molecule has 0 bridgehead atoms. The number of carbonyl (C=O) groups is 2. The molecule has 4 nitrogen and oxygen atoms in total. The molecule has 0 saturated carbocycles. The molecular weight excluding hydrogens is 459 g/mol. The highest BCUT2D eigenvalue weighted by Crippen LogP contribution is 2.22. The van der Waals surface area contributed by atoms with Crippen LogP contribution in [0.15, 0.2) is 83.8 Å². The minimum absolute atomic E-state index is 0.148. The van der Waals surface area contributed by atoms with Crippen molar-refractivity contribution in [3.8, 4) is 0 Å². The minimum Gasteiger partial charge on any atom is -0.350 e. The second kappa shape index (κ2) is 12.0. The molecule has 0 saturated heterocycles. The van der Waals surface area contributed by atoms with Gasteiger partial charge in [0.2, 0.25) is 11.8 Å². The lowest BCUT2D eigenvalue weighted by molar-refractivity contribution is -0.140. The molecule has 0 aliphatic heterocycles. The molecule has 184 valence electrons. The van der Waals surface area contributed by atoms with Gasteiger partial charge in [0.05, 0.1) is 5.75 Å². The summed E-state index contributed by atoms with van der Waals surface area (Å²) in [4.78, 5) is 29.7. The van der Waals surface area contributed by atoms with Gasteiger partial charge in [0.15, 0.2) is 0 Å². The molecule has 3 aromatic rings. The number of carbonyl (C=O) groups excluding carboxylic acids is 2. The van der Waals surface area contributed by atoms with Gasteiger partial charge in [0, 0.05) is 23.4 Å². The lowest BCUT2D eigenvalue weighted by Crippen LogP contribution is -2.54. The maximum Gasteiger partial charge on any atom is 0.243 e. The maximum atomic E-state index is 13.6. The largest absolute Gasteiger partial charge is 0.350 e. The van der Waals surface area contributed by atoms with Crippen molar-refractivity contribution in [2.45, 2.75) is 57.1 Å². The Bertz CT molecular complexity index is 1110. The SMILES string of the molecule is Cc1ccc(SCC(=O)N(Cc2ccc(F)cc2)[C@@H](Cc2ccccc2)C(=O)NC(C)(C)C)cc1. The van der Waals surface area contributed by atoms with Crippen LogP contribution in [0.25, 0.3) is 0 Å². The first-order valence-corrected chi connectivity index (χ1v) is 12.7. The smallest absolute Gasteiger partial charge is 0.243 e. The standard InChI is InChI=1S/C29H33FN2O2S/c1-21-10-16-25(17-11-21)35-20-27(33)32(19-23-12-14-24(30)15-13-23)26(28(34)31-29(2,3)4)18-22-8-6-5-7-9-22/h5-17,26H,18-20H2,1-4H3,(H,31,34)/t26-/m0/s1. The molecule has 3 rings (SSSR count). The van der Waals surface area contributed by atoms with Gasteiger partial charge in [-0.2, -0.15) is 0 Å². The topological polar surface area (TPSA) is 49.4 Å². The number of nitrogens with zero attached hydrogens (tertiary/aromatic N) is 1. The van der Waals surface area contributed by atoms with Gasteiger partial charge in [-0.25, -0.2) is 4.39 Å². The van der Waals surface area contributed by atoms with E-state index in [9.17, 15) is 14.0 Å². The summed E-state index contributed by atoms with van der Waals surface area (Å²) in [6.07, 6.45) is 0.380. The summed E-state index contributed by atoms with van der Waals surface area (Å²) < 4.78 is 13.5. The summed E-state index contributed by atoms with van der Waals surface area (Å²) in [7, 11) is 0. The Morgan fingerprint density at radius 3 is 2.14 bits per heavy atom. The predicted molar refractivity (Wildman–Crippen MR) is 141 cm³/mol. The molecule has 2 amide bonds. The van der Waals surface area contributed by atoms with E-state index in [0.29, 0.717) is 6.42 Å². The van der Waals surface area contributed by atoms with Crippen LogP contribution in [-0.4, -0.2) is 34.0 Å². The molecule has 0 fully saturated rings. The Hall–Kier alpha value is -3.12. The van der Waals surface area contributed by atoms with E-state index >= 15 is 0 Å². The van der Waals surface area contributed by atoms with Crippen LogP contribution < -0.4 is 5.32 Å². The van der Waals surface area contributed by atoms with Crippen molar-refractivity contribution in [1.82, 2.24) is 10.2 Å². The normalized spacial score (nSPS) is 12.1. The summed E-state index contributed by atoms with van der Waals surface area (Å²) >= 11 is 1.44. The summed E-state index contributed by atoms with van der Waals surface area (Å²) in [5.41, 5.74) is 2.43. The Balaban J connectivity index is 1.91. The first kappa shape index (κ1) is 26.5. The van der Waals surface area contributed by atoms with Crippen molar-refractivity contribution < 1.29 is 14.0 Å². The Morgan fingerprint density at radius 1 is 0.914 bits per heavy atom. The predicted octanol–water partition coefficient (Wildman–Crippen LogP) is 5.78. The Morgan fingerprint density at radius 2 is 1.54 bits per heavy atom. The molecule has 0 unspecified atom stereocenters. The molecule has 0 radical (unpaired) electrons. The lowest BCUT2D eigenvalue weighted by atomic mass is 10.0. The third kappa shape index (κ3) is 8.55. The Labute approximate surface area is 211 Å². The number of thioether (sulfide) groups is 1. The van der Waals surface area contributed by atoms with Crippen LogP contribution in [0.5, 0.6) is 0 Å². The molecule has 35 heavy (non-hydrogen) atoms. The van der Waals surface area contributed by atoms with E-state index in [0.717, 1.165) is 21.6 Å². The van der Waals surface area contributed by atoms with E-state index in [2.05, 4.69) is 5.32 Å². The average Bonchev–Trinajstić information content (AvgIpc) is 2.81. The third-order valence-electron chi connectivity index (χ3n) is 5.42. The first-order valence-electron chi connectivity index (χ1n) is 11.7. The fraction of sp³-hybridized carbons (Fsp3) is 0.310. The number of benzene rings is 3. The molecule has 0 spiro atoms. The van der Waals surface area contributed by atoms with Crippen LogP contribution in [0.1, 0.15) is 37.5 Å². The van der Waals surface area contributed by atoms with Gasteiger partial charge < -0.3 is 10.2 Å². The highest BCUT2D eigenvalue weighted by molar-refractivity contribution is 8.00. The van der Waals surface area contributed by atoms with Crippen LogP contribution in [0.2, 0.25) is 0 Å². The van der Waals surface area contributed by atoms with E-state index in [1.807, 2.05) is 82.3 Å². The van der Waals surface area contributed by atoms with Gasteiger partial charge in [-0.15, -0.1) is 11.8 Å². The first-order chi connectivity index (χ1) is 16.6. The third-order valence-corrected chi connectivity index (χ3v) is 6.42. The zero-order chi connectivity index (χ0) is 25.4. The second-order valence-electron chi connectivity index (χ2n) is 9.69. The molecule has 0 heterocycles. The van der Waals surface area contributed by atoms with E-state index < -0.39 is 11.6 Å². The van der Waals surface area contributed by atoms with Crippen LogP contribution in [0.3, 0.4) is 0 Å². The van der Waals surface area contributed by atoms with Gasteiger partial charge in [0.25, 0.3) is 0 Å². The van der Waals surface area contributed by atoms with E-state index in [1.165, 1.54) is 23.9 Å². The molecule has 1 N–H and O–H groups in total. The monoisotopic (exact) mass is 492 g/mol. The maximum absolute atomic E-state index is 13.6. The fourth-order valence-corrected chi connectivity index (χ4v) is 4.44. The molecule has 0 aromatic heterocycles. The number of nitrogens with one attached hydrogen (secondary N) is 1. The van der Waals surface area contributed by atoms with Crippen LogP contribution >= 0.6 is 11.8 Å². The molecule has 0 aliphatic rings. The number of amides is 2. The van der Waals surface area contributed by atoms with Gasteiger partial charge in [-0.3, -0.25) is 9.59 Å². The van der Waals surface area contributed by atoms with E-state index in [1.54, 1.807) is 17.0 Å². The summed E-state index contributed by atoms with van der Waals surface area (Å²) in [6, 6.07) is 23.0. The number of halogens is 1. The zero-order valence-electron chi connectivity index (χ0n) is 20.8. The van der Waals surface area contributed by atoms with E-state index in [-0.39, 0.29) is 29.9 Å². The van der Waals surface area contributed by atoms with Crippen LogP contribution in [0.4, 0.5) is 4.39 Å². The molecule has 1 atom stereocenters. The van der Waals surface area contributed by atoms with Crippen molar-refractivity contribution in [1.29, 1.82) is 0 Å². The average molecular weight is 493 g/mol.